The topological polar surface area (TPSA) is 71.2 Å². The molecule has 0 atom stereocenters. The predicted octanol–water partition coefficient (Wildman–Crippen LogP) is 2.08. The molecule has 0 spiro atoms. The molecule has 2 aliphatic rings. The molecule has 1 saturated carbocycles. The van der Waals surface area contributed by atoms with E-state index in [4.69, 9.17) is 4.52 Å². The summed E-state index contributed by atoms with van der Waals surface area (Å²) in [5, 5.41) is 17.9. The second kappa shape index (κ2) is 5.59. The molecule has 0 bridgehead atoms. The van der Waals surface area contributed by atoms with Gasteiger partial charge in [0.05, 0.1) is 0 Å². The molecular formula is C14H23N3O2. The van der Waals surface area contributed by atoms with Crippen LogP contribution in [0.15, 0.2) is 4.52 Å². The van der Waals surface area contributed by atoms with E-state index in [0.717, 1.165) is 31.8 Å². The summed E-state index contributed by atoms with van der Waals surface area (Å²) in [6.07, 6.45) is 8.75. The summed E-state index contributed by atoms with van der Waals surface area (Å²) < 4.78 is 5.36. The summed E-state index contributed by atoms with van der Waals surface area (Å²) in [4.78, 5) is 4.52. The van der Waals surface area contributed by atoms with E-state index in [1.807, 2.05) is 0 Å². The third kappa shape index (κ3) is 2.82. The van der Waals surface area contributed by atoms with E-state index < -0.39 is 5.60 Å². The van der Waals surface area contributed by atoms with Crippen LogP contribution in [0.4, 0.5) is 0 Å². The Balaban J connectivity index is 1.74. The van der Waals surface area contributed by atoms with E-state index in [1.165, 1.54) is 25.7 Å². The van der Waals surface area contributed by atoms with Crippen LogP contribution in [0.5, 0.6) is 0 Å². The largest absolute Gasteiger partial charge is 0.380 e. The molecule has 19 heavy (non-hydrogen) atoms. The lowest BCUT2D eigenvalue weighted by Crippen LogP contribution is -2.40. The first-order chi connectivity index (χ1) is 9.28. The number of aliphatic hydroxyl groups is 1. The molecule has 2 heterocycles. The van der Waals surface area contributed by atoms with Gasteiger partial charge in [0.25, 0.3) is 5.89 Å². The molecule has 0 unspecified atom stereocenters. The van der Waals surface area contributed by atoms with E-state index >= 15 is 0 Å². The maximum absolute atomic E-state index is 10.6. The molecular weight excluding hydrogens is 242 g/mol. The van der Waals surface area contributed by atoms with Gasteiger partial charge < -0.3 is 14.9 Å². The van der Waals surface area contributed by atoms with Gasteiger partial charge in [-0.1, -0.05) is 30.8 Å². The number of nitrogens with zero attached hydrogens (tertiary/aromatic N) is 2. The minimum Gasteiger partial charge on any atom is -0.380 e. The van der Waals surface area contributed by atoms with Gasteiger partial charge in [-0.15, -0.1) is 0 Å². The first-order valence-corrected chi connectivity index (χ1v) is 7.55. The maximum Gasteiger partial charge on any atom is 0.258 e. The Labute approximate surface area is 113 Å². The number of nitrogens with one attached hydrogen (secondary N) is 1. The van der Waals surface area contributed by atoms with E-state index in [9.17, 15) is 5.11 Å². The highest BCUT2D eigenvalue weighted by molar-refractivity contribution is 5.04. The van der Waals surface area contributed by atoms with E-state index in [2.05, 4.69) is 15.5 Å². The molecule has 1 aromatic rings. The Morgan fingerprint density at radius 2 is 1.79 bits per heavy atom. The van der Waals surface area contributed by atoms with Crippen molar-refractivity contribution in [2.24, 2.45) is 0 Å². The standard InChI is InChI=1S/C14H23N3O2/c18-14(7-9-15-10-8-14)13-16-12(17-19-13)11-5-3-1-2-4-6-11/h11,15,18H,1-10H2. The fourth-order valence-corrected chi connectivity index (χ4v) is 3.18. The Morgan fingerprint density at radius 1 is 1.11 bits per heavy atom. The van der Waals surface area contributed by atoms with Crippen LogP contribution in [0.25, 0.3) is 0 Å². The molecule has 1 aliphatic carbocycles. The van der Waals surface area contributed by atoms with Gasteiger partial charge in [0.1, 0.15) is 5.60 Å². The third-order valence-corrected chi connectivity index (χ3v) is 4.49. The summed E-state index contributed by atoms with van der Waals surface area (Å²) in [5.74, 6) is 1.66. The monoisotopic (exact) mass is 265 g/mol. The van der Waals surface area contributed by atoms with Crippen LogP contribution >= 0.6 is 0 Å². The van der Waals surface area contributed by atoms with Gasteiger partial charge in [0.15, 0.2) is 5.82 Å². The lowest BCUT2D eigenvalue weighted by Gasteiger charge is -2.28. The Kier molecular flexibility index (Phi) is 3.84. The quantitative estimate of drug-likeness (QED) is 0.801. The molecule has 5 nitrogen and oxygen atoms in total. The van der Waals surface area contributed by atoms with Crippen LogP contribution in [-0.2, 0) is 5.60 Å². The van der Waals surface area contributed by atoms with Crippen molar-refractivity contribution in [3.05, 3.63) is 11.7 Å². The first kappa shape index (κ1) is 13.1. The molecule has 0 amide bonds. The van der Waals surface area contributed by atoms with Gasteiger partial charge in [-0.05, 0) is 38.8 Å². The Bertz CT molecular complexity index is 405. The molecule has 1 saturated heterocycles. The SMILES string of the molecule is OC1(c2nc(C3CCCCCC3)no2)CCNCC1. The second-order valence-corrected chi connectivity index (χ2v) is 5.93. The maximum atomic E-state index is 10.6. The average Bonchev–Trinajstić information content (AvgIpc) is 2.77. The van der Waals surface area contributed by atoms with Gasteiger partial charge in [-0.3, -0.25) is 0 Å². The number of hydrogen-bond donors (Lipinski definition) is 2. The molecule has 2 fully saturated rings. The first-order valence-electron chi connectivity index (χ1n) is 7.55. The molecule has 1 aromatic heterocycles. The zero-order valence-corrected chi connectivity index (χ0v) is 11.4. The predicted molar refractivity (Wildman–Crippen MR) is 70.7 cm³/mol. The van der Waals surface area contributed by atoms with Crippen molar-refractivity contribution < 1.29 is 9.63 Å². The van der Waals surface area contributed by atoms with Crippen molar-refractivity contribution >= 4 is 0 Å². The fourth-order valence-electron chi connectivity index (χ4n) is 3.18. The summed E-state index contributed by atoms with van der Waals surface area (Å²) in [6, 6.07) is 0. The molecule has 106 valence electrons. The number of aromatic nitrogens is 2. The van der Waals surface area contributed by atoms with Crippen LogP contribution in [-0.4, -0.2) is 28.3 Å². The normalized spacial score (nSPS) is 25.1. The van der Waals surface area contributed by atoms with Crippen molar-refractivity contribution in [1.29, 1.82) is 0 Å². The van der Waals surface area contributed by atoms with Gasteiger partial charge in [-0.25, -0.2) is 0 Å². The van der Waals surface area contributed by atoms with Crippen LogP contribution in [0.3, 0.4) is 0 Å². The van der Waals surface area contributed by atoms with Crippen molar-refractivity contribution in [3.8, 4) is 0 Å². The van der Waals surface area contributed by atoms with Crippen molar-refractivity contribution in [3.63, 3.8) is 0 Å². The van der Waals surface area contributed by atoms with E-state index in [-0.39, 0.29) is 0 Å². The van der Waals surface area contributed by atoms with Crippen LogP contribution < -0.4 is 5.32 Å². The average molecular weight is 265 g/mol. The van der Waals surface area contributed by atoms with Crippen LogP contribution in [0.1, 0.15) is 69.0 Å². The highest BCUT2D eigenvalue weighted by Crippen LogP contribution is 2.33. The minimum atomic E-state index is -0.915. The summed E-state index contributed by atoms with van der Waals surface area (Å²) >= 11 is 0. The molecule has 0 radical (unpaired) electrons. The van der Waals surface area contributed by atoms with Crippen LogP contribution in [0.2, 0.25) is 0 Å². The Hall–Kier alpha value is -0.940. The number of rotatable bonds is 2. The molecule has 1 aliphatic heterocycles. The van der Waals surface area contributed by atoms with E-state index in [0.29, 0.717) is 24.7 Å². The Morgan fingerprint density at radius 3 is 2.47 bits per heavy atom. The van der Waals surface area contributed by atoms with Crippen molar-refractivity contribution in [2.45, 2.75) is 62.9 Å². The molecule has 2 N–H and O–H groups in total. The van der Waals surface area contributed by atoms with Gasteiger partial charge in [-0.2, -0.15) is 4.98 Å². The van der Waals surface area contributed by atoms with E-state index in [1.54, 1.807) is 0 Å². The lowest BCUT2D eigenvalue weighted by atomic mass is 9.92. The van der Waals surface area contributed by atoms with Gasteiger partial charge in [0, 0.05) is 5.92 Å². The van der Waals surface area contributed by atoms with Crippen molar-refractivity contribution in [2.75, 3.05) is 13.1 Å². The summed E-state index contributed by atoms with van der Waals surface area (Å²) in [6.45, 7) is 1.61. The number of hydrogen-bond acceptors (Lipinski definition) is 5. The molecule has 5 heteroatoms. The summed E-state index contributed by atoms with van der Waals surface area (Å²) in [5.41, 5.74) is -0.915. The molecule has 0 aromatic carbocycles. The smallest absolute Gasteiger partial charge is 0.258 e. The van der Waals surface area contributed by atoms with Crippen LogP contribution in [0, 0.1) is 0 Å². The second-order valence-electron chi connectivity index (χ2n) is 5.93. The zero-order chi connectivity index (χ0) is 13.1. The number of piperidine rings is 1. The highest BCUT2D eigenvalue weighted by atomic mass is 16.5. The fraction of sp³-hybridized carbons (Fsp3) is 0.857. The third-order valence-electron chi connectivity index (χ3n) is 4.49. The highest BCUT2D eigenvalue weighted by Gasteiger charge is 2.37. The minimum absolute atomic E-state index is 0.422. The molecule has 3 rings (SSSR count). The van der Waals surface area contributed by atoms with Gasteiger partial charge >= 0.3 is 0 Å². The van der Waals surface area contributed by atoms with Gasteiger partial charge in [0.2, 0.25) is 0 Å². The van der Waals surface area contributed by atoms with Crippen molar-refractivity contribution in [1.82, 2.24) is 15.5 Å². The lowest BCUT2D eigenvalue weighted by molar-refractivity contribution is -0.0228. The zero-order valence-electron chi connectivity index (χ0n) is 11.4. The summed E-state index contributed by atoms with van der Waals surface area (Å²) in [7, 11) is 0.